The van der Waals surface area contributed by atoms with E-state index in [-0.39, 0.29) is 5.56 Å². The summed E-state index contributed by atoms with van der Waals surface area (Å²) in [6.07, 6.45) is 2.86. The van der Waals surface area contributed by atoms with E-state index in [1.807, 2.05) is 31.2 Å². The summed E-state index contributed by atoms with van der Waals surface area (Å²) in [5, 5.41) is 4.45. The van der Waals surface area contributed by atoms with Gasteiger partial charge in [0.15, 0.2) is 6.61 Å². The van der Waals surface area contributed by atoms with Crippen molar-refractivity contribution >= 4 is 40.2 Å². The summed E-state index contributed by atoms with van der Waals surface area (Å²) >= 11 is 1.16. The molecule has 1 heterocycles. The van der Waals surface area contributed by atoms with E-state index >= 15 is 0 Å². The van der Waals surface area contributed by atoms with Crippen LogP contribution in [0.3, 0.4) is 0 Å². The molecule has 2 amide bonds. The molecule has 0 aliphatic carbocycles. The molecule has 124 valence electrons. The molecule has 0 saturated heterocycles. The first-order valence-electron chi connectivity index (χ1n) is 7.04. The molecule has 0 bridgehead atoms. The van der Waals surface area contributed by atoms with E-state index in [1.165, 1.54) is 12.1 Å². The lowest BCUT2D eigenvalue weighted by Crippen LogP contribution is -2.21. The number of primary amides is 1. The monoisotopic (exact) mass is 344 g/mol. The average Bonchev–Trinajstić information content (AvgIpc) is 2.99. The largest absolute Gasteiger partial charge is 0.452 e. The standard InChI is InChI=1S/C17H16N2O4S/c1-11-3-2-4-12(9-11)5-6-15(21)23-10-14(20)19-17-13(16(18)22)7-8-24-17/h2-9H,10H2,1H3,(H2,18,22)(H,19,20)/b6-5+. The van der Waals surface area contributed by atoms with Crippen molar-refractivity contribution in [2.75, 3.05) is 11.9 Å². The Labute approximate surface area is 142 Å². The van der Waals surface area contributed by atoms with Crippen molar-refractivity contribution in [1.82, 2.24) is 0 Å². The molecule has 2 aromatic rings. The lowest BCUT2D eigenvalue weighted by Gasteiger charge is -2.04. The number of hydrogen-bond acceptors (Lipinski definition) is 5. The third-order valence-corrected chi connectivity index (χ3v) is 3.81. The van der Waals surface area contributed by atoms with E-state index in [2.05, 4.69) is 5.32 Å². The predicted octanol–water partition coefficient (Wildman–Crippen LogP) is 2.35. The van der Waals surface area contributed by atoms with E-state index in [1.54, 1.807) is 11.5 Å². The number of carbonyl (C=O) groups is 3. The highest BCUT2D eigenvalue weighted by atomic mass is 32.1. The van der Waals surface area contributed by atoms with Gasteiger partial charge in [0, 0.05) is 6.08 Å². The fraction of sp³-hybridized carbons (Fsp3) is 0.118. The Morgan fingerprint density at radius 1 is 1.29 bits per heavy atom. The molecule has 2 rings (SSSR count). The molecule has 24 heavy (non-hydrogen) atoms. The summed E-state index contributed by atoms with van der Waals surface area (Å²) in [6.45, 7) is 1.50. The van der Waals surface area contributed by atoms with Crippen molar-refractivity contribution in [2.45, 2.75) is 6.92 Å². The summed E-state index contributed by atoms with van der Waals surface area (Å²) in [6, 6.07) is 9.11. The predicted molar refractivity (Wildman–Crippen MR) is 92.6 cm³/mol. The number of ether oxygens (including phenoxy) is 1. The van der Waals surface area contributed by atoms with Crippen LogP contribution in [-0.4, -0.2) is 24.4 Å². The van der Waals surface area contributed by atoms with Crippen LogP contribution in [0.25, 0.3) is 6.08 Å². The normalized spacial score (nSPS) is 10.5. The Morgan fingerprint density at radius 2 is 2.08 bits per heavy atom. The third-order valence-electron chi connectivity index (χ3n) is 2.98. The number of thiophene rings is 1. The zero-order valence-electron chi connectivity index (χ0n) is 12.9. The highest BCUT2D eigenvalue weighted by Crippen LogP contribution is 2.22. The summed E-state index contributed by atoms with van der Waals surface area (Å²) in [4.78, 5) is 34.5. The second kappa shape index (κ2) is 8.07. The van der Waals surface area contributed by atoms with Crippen LogP contribution in [-0.2, 0) is 14.3 Å². The van der Waals surface area contributed by atoms with Gasteiger partial charge >= 0.3 is 5.97 Å². The Balaban J connectivity index is 1.84. The second-order valence-corrected chi connectivity index (χ2v) is 5.85. The Morgan fingerprint density at radius 3 is 2.79 bits per heavy atom. The maximum Gasteiger partial charge on any atom is 0.331 e. The second-order valence-electron chi connectivity index (χ2n) is 4.93. The smallest absolute Gasteiger partial charge is 0.331 e. The molecule has 0 saturated carbocycles. The zero-order chi connectivity index (χ0) is 17.5. The van der Waals surface area contributed by atoms with Crippen LogP contribution in [0, 0.1) is 6.92 Å². The Kier molecular flexibility index (Phi) is 5.86. The van der Waals surface area contributed by atoms with Crippen molar-refractivity contribution in [2.24, 2.45) is 5.73 Å². The molecular weight excluding hydrogens is 328 g/mol. The van der Waals surface area contributed by atoms with Gasteiger partial charge < -0.3 is 15.8 Å². The molecule has 1 aromatic heterocycles. The topological polar surface area (TPSA) is 98.5 Å². The number of anilines is 1. The molecule has 0 radical (unpaired) electrons. The van der Waals surface area contributed by atoms with Crippen molar-refractivity contribution in [1.29, 1.82) is 0 Å². The molecule has 0 atom stereocenters. The van der Waals surface area contributed by atoms with Gasteiger partial charge in [0.1, 0.15) is 5.00 Å². The quantitative estimate of drug-likeness (QED) is 0.621. The van der Waals surface area contributed by atoms with Crippen LogP contribution in [0.4, 0.5) is 5.00 Å². The van der Waals surface area contributed by atoms with Crippen LogP contribution in [0.2, 0.25) is 0 Å². The average molecular weight is 344 g/mol. The highest BCUT2D eigenvalue weighted by molar-refractivity contribution is 7.14. The number of aryl methyl sites for hydroxylation is 1. The number of nitrogens with one attached hydrogen (secondary N) is 1. The SMILES string of the molecule is Cc1cccc(/C=C/C(=O)OCC(=O)Nc2sccc2C(N)=O)c1. The van der Waals surface area contributed by atoms with Gasteiger partial charge in [-0.1, -0.05) is 29.8 Å². The van der Waals surface area contributed by atoms with E-state index < -0.39 is 24.4 Å². The number of carbonyl (C=O) groups excluding carboxylic acids is 3. The minimum atomic E-state index is -0.635. The lowest BCUT2D eigenvalue weighted by molar-refractivity contribution is -0.142. The molecule has 3 N–H and O–H groups in total. The number of esters is 1. The van der Waals surface area contributed by atoms with E-state index in [0.717, 1.165) is 22.5 Å². The van der Waals surface area contributed by atoms with Crippen LogP contribution < -0.4 is 11.1 Å². The molecule has 1 aromatic carbocycles. The fourth-order valence-electron chi connectivity index (χ4n) is 1.89. The molecule has 0 aliphatic rings. The first-order valence-corrected chi connectivity index (χ1v) is 7.92. The van der Waals surface area contributed by atoms with Crippen molar-refractivity contribution in [3.05, 3.63) is 58.5 Å². The highest BCUT2D eigenvalue weighted by Gasteiger charge is 2.13. The van der Waals surface area contributed by atoms with Crippen LogP contribution >= 0.6 is 11.3 Å². The Hall–Kier alpha value is -2.93. The number of benzene rings is 1. The van der Waals surface area contributed by atoms with Gasteiger partial charge in [0.2, 0.25) is 0 Å². The minimum Gasteiger partial charge on any atom is -0.452 e. The van der Waals surface area contributed by atoms with E-state index in [4.69, 9.17) is 10.5 Å². The number of nitrogens with two attached hydrogens (primary N) is 1. The van der Waals surface area contributed by atoms with Crippen molar-refractivity contribution < 1.29 is 19.1 Å². The van der Waals surface area contributed by atoms with Gasteiger partial charge in [0.05, 0.1) is 5.56 Å². The van der Waals surface area contributed by atoms with Crippen molar-refractivity contribution in [3.63, 3.8) is 0 Å². The van der Waals surface area contributed by atoms with Gasteiger partial charge in [-0.3, -0.25) is 9.59 Å². The van der Waals surface area contributed by atoms with Gasteiger partial charge in [-0.2, -0.15) is 0 Å². The molecule has 0 aliphatic heterocycles. The number of amides is 2. The first-order chi connectivity index (χ1) is 11.5. The number of rotatable bonds is 6. The molecule has 6 nitrogen and oxygen atoms in total. The van der Waals surface area contributed by atoms with E-state index in [9.17, 15) is 14.4 Å². The summed E-state index contributed by atoms with van der Waals surface area (Å²) in [7, 11) is 0. The van der Waals surface area contributed by atoms with Gasteiger partial charge in [0.25, 0.3) is 11.8 Å². The van der Waals surface area contributed by atoms with Crippen LogP contribution in [0.5, 0.6) is 0 Å². The summed E-state index contributed by atoms with van der Waals surface area (Å²) < 4.78 is 4.86. The van der Waals surface area contributed by atoms with E-state index in [0.29, 0.717) is 5.00 Å². The maximum atomic E-state index is 11.8. The molecule has 0 spiro atoms. The fourth-order valence-corrected chi connectivity index (χ4v) is 2.69. The third kappa shape index (κ3) is 5.06. The molecular formula is C17H16N2O4S. The summed E-state index contributed by atoms with van der Waals surface area (Å²) in [5.41, 5.74) is 7.34. The Bertz CT molecular complexity index is 795. The zero-order valence-corrected chi connectivity index (χ0v) is 13.8. The summed E-state index contributed by atoms with van der Waals surface area (Å²) in [5.74, 6) is -1.81. The lowest BCUT2D eigenvalue weighted by atomic mass is 10.1. The minimum absolute atomic E-state index is 0.221. The van der Waals surface area contributed by atoms with Gasteiger partial charge in [-0.15, -0.1) is 11.3 Å². The molecule has 0 unspecified atom stereocenters. The van der Waals surface area contributed by atoms with Crippen molar-refractivity contribution in [3.8, 4) is 0 Å². The number of hydrogen-bond donors (Lipinski definition) is 2. The van der Waals surface area contributed by atoms with Crippen LogP contribution in [0.1, 0.15) is 21.5 Å². The van der Waals surface area contributed by atoms with Crippen LogP contribution in [0.15, 0.2) is 41.8 Å². The maximum absolute atomic E-state index is 11.8. The van der Waals surface area contributed by atoms with Gasteiger partial charge in [-0.25, -0.2) is 4.79 Å². The van der Waals surface area contributed by atoms with Gasteiger partial charge in [-0.05, 0) is 30.0 Å². The first kappa shape index (κ1) is 17.4. The molecule has 7 heteroatoms. The molecule has 0 fully saturated rings.